The van der Waals surface area contributed by atoms with E-state index < -0.39 is 0 Å². The number of ether oxygens (including phenoxy) is 3. The zero-order valence-corrected chi connectivity index (χ0v) is 17.5. The van der Waals surface area contributed by atoms with Gasteiger partial charge in [0.05, 0.1) is 26.5 Å². The van der Waals surface area contributed by atoms with Crippen LogP contribution in [0.15, 0.2) is 49.1 Å². The van der Waals surface area contributed by atoms with E-state index in [0.29, 0.717) is 17.2 Å². The molecule has 0 radical (unpaired) electrons. The van der Waals surface area contributed by atoms with Crippen LogP contribution in [0, 0.1) is 0 Å². The molecule has 156 valence electrons. The molecule has 1 aliphatic heterocycles. The molecule has 0 bridgehead atoms. The van der Waals surface area contributed by atoms with Gasteiger partial charge in [0.25, 0.3) is 0 Å². The number of fused-ring (bicyclic) bond motifs is 1. The van der Waals surface area contributed by atoms with Crippen LogP contribution in [0.2, 0.25) is 0 Å². The van der Waals surface area contributed by atoms with Gasteiger partial charge in [0.15, 0.2) is 11.5 Å². The molecule has 0 atom stereocenters. The van der Waals surface area contributed by atoms with Crippen LogP contribution >= 0.6 is 0 Å². The van der Waals surface area contributed by atoms with Gasteiger partial charge in [-0.2, -0.15) is 5.10 Å². The molecule has 3 aromatic rings. The van der Waals surface area contributed by atoms with Crippen LogP contribution in [0.25, 0.3) is 11.3 Å². The third kappa shape index (κ3) is 3.52. The largest absolute Gasteiger partial charge is 0.496 e. The molecule has 7 nitrogen and oxygen atoms in total. The van der Waals surface area contributed by atoms with Crippen LogP contribution in [0.3, 0.4) is 0 Å². The van der Waals surface area contributed by atoms with Crippen LogP contribution in [0.5, 0.6) is 17.2 Å². The Morgan fingerprint density at radius 3 is 2.60 bits per heavy atom. The van der Waals surface area contributed by atoms with Crippen molar-refractivity contribution < 1.29 is 19.3 Å². The van der Waals surface area contributed by atoms with Crippen LogP contribution < -0.4 is 14.2 Å². The van der Waals surface area contributed by atoms with Gasteiger partial charge in [0.2, 0.25) is 0 Å². The summed E-state index contributed by atoms with van der Waals surface area (Å²) in [4.78, 5) is 4.04. The number of aromatic nitrogens is 3. The predicted octanol–water partition coefficient (Wildman–Crippen LogP) is 3.42. The topological polar surface area (TPSA) is 78.6 Å². The summed E-state index contributed by atoms with van der Waals surface area (Å²) >= 11 is 0. The predicted molar refractivity (Wildman–Crippen MR) is 114 cm³/mol. The Balaban J connectivity index is 2.01. The van der Waals surface area contributed by atoms with E-state index in [0.717, 1.165) is 34.4 Å². The molecule has 0 unspecified atom stereocenters. The van der Waals surface area contributed by atoms with Gasteiger partial charge in [-0.1, -0.05) is 18.2 Å². The molecule has 1 aromatic heterocycles. The lowest BCUT2D eigenvalue weighted by molar-refractivity contribution is 0.134. The lowest BCUT2D eigenvalue weighted by Crippen LogP contribution is -2.24. The van der Waals surface area contributed by atoms with Crippen molar-refractivity contribution in [1.29, 1.82) is 0 Å². The molecule has 0 amide bonds. The number of hydrogen-bond donors (Lipinski definition) is 1. The van der Waals surface area contributed by atoms with E-state index >= 15 is 0 Å². The lowest BCUT2D eigenvalue weighted by Gasteiger charge is -2.19. The van der Waals surface area contributed by atoms with Gasteiger partial charge < -0.3 is 19.3 Å². The zero-order chi connectivity index (χ0) is 21.3. The van der Waals surface area contributed by atoms with Gasteiger partial charge in [0.1, 0.15) is 24.0 Å². The Morgan fingerprint density at radius 2 is 1.93 bits per heavy atom. The molecule has 2 aromatic carbocycles. The highest BCUT2D eigenvalue weighted by molar-refractivity contribution is 5.95. The summed E-state index contributed by atoms with van der Waals surface area (Å²) < 4.78 is 19.0. The number of benzene rings is 2. The second kappa shape index (κ2) is 7.84. The highest BCUT2D eigenvalue weighted by Gasteiger charge is 2.33. The molecule has 0 saturated carbocycles. The van der Waals surface area contributed by atoms with Gasteiger partial charge in [-0.05, 0) is 37.6 Å². The molecule has 1 aliphatic rings. The number of nitrogens with zero attached hydrogens (tertiary/aromatic N) is 3. The van der Waals surface area contributed by atoms with Crippen LogP contribution in [-0.4, -0.2) is 46.3 Å². The van der Waals surface area contributed by atoms with Crippen molar-refractivity contribution in [3.8, 4) is 17.2 Å². The van der Waals surface area contributed by atoms with E-state index in [2.05, 4.69) is 30.0 Å². The summed E-state index contributed by atoms with van der Waals surface area (Å²) in [5.41, 5.74) is 3.81. The maximum atomic E-state index is 10.3. The van der Waals surface area contributed by atoms with Crippen molar-refractivity contribution in [2.75, 3.05) is 20.8 Å². The Morgan fingerprint density at radius 1 is 1.17 bits per heavy atom. The molecular weight excluding hydrogens is 382 g/mol. The number of para-hydroxylation sites is 1. The Hall–Kier alpha value is -3.32. The lowest BCUT2D eigenvalue weighted by atomic mass is 9.91. The molecule has 7 heteroatoms. The normalized spacial score (nSPS) is 15.2. The maximum absolute atomic E-state index is 10.3. The van der Waals surface area contributed by atoms with Crippen LogP contribution in [-0.2, 0) is 6.42 Å². The Labute approximate surface area is 175 Å². The Kier molecular flexibility index (Phi) is 5.22. The molecule has 0 fully saturated rings. The minimum absolute atomic E-state index is 0.238. The number of aliphatic hydroxyl groups is 1. The third-order valence-corrected chi connectivity index (χ3v) is 5.14. The van der Waals surface area contributed by atoms with E-state index in [4.69, 9.17) is 14.2 Å². The molecule has 0 aliphatic carbocycles. The fraction of sp³-hybridized carbons (Fsp3) is 0.304. The number of methoxy groups -OCH3 is 2. The average Bonchev–Trinajstić information content (AvgIpc) is 3.37. The first-order valence-corrected chi connectivity index (χ1v) is 9.70. The minimum atomic E-state index is -0.311. The number of rotatable bonds is 6. The third-order valence-electron chi connectivity index (χ3n) is 5.14. The molecule has 2 heterocycles. The van der Waals surface area contributed by atoms with Gasteiger partial charge in [-0.15, -0.1) is 0 Å². The van der Waals surface area contributed by atoms with Gasteiger partial charge in [0, 0.05) is 23.1 Å². The minimum Gasteiger partial charge on any atom is -0.496 e. The van der Waals surface area contributed by atoms with Crippen molar-refractivity contribution >= 4 is 11.3 Å². The van der Waals surface area contributed by atoms with Crippen molar-refractivity contribution in [2.45, 2.75) is 25.9 Å². The SMILES string of the molecule is COc1ccccc1/C(=C(\CO)n1cncn1)c1cc2c(c(OC)c1)OC(C)(C)C2. The summed E-state index contributed by atoms with van der Waals surface area (Å²) in [5.74, 6) is 2.10. The first kappa shape index (κ1) is 20.0. The monoisotopic (exact) mass is 407 g/mol. The van der Waals surface area contributed by atoms with Gasteiger partial charge in [-0.25, -0.2) is 9.67 Å². The first-order valence-electron chi connectivity index (χ1n) is 9.70. The summed E-state index contributed by atoms with van der Waals surface area (Å²) in [7, 11) is 3.26. The molecule has 0 spiro atoms. The van der Waals surface area contributed by atoms with Crippen molar-refractivity contribution in [3.05, 3.63) is 65.7 Å². The fourth-order valence-corrected chi connectivity index (χ4v) is 3.92. The van der Waals surface area contributed by atoms with Crippen molar-refractivity contribution in [2.24, 2.45) is 0 Å². The van der Waals surface area contributed by atoms with Crippen molar-refractivity contribution in [1.82, 2.24) is 14.8 Å². The standard InChI is InChI=1S/C23H25N3O4/c1-23(2)11-16-9-15(10-20(29-4)22(16)30-23)21(17-7-5-6-8-19(17)28-3)18(12-27)26-14-24-13-25-26/h5-10,13-14,27H,11-12H2,1-4H3/b21-18+. The van der Waals surface area contributed by atoms with E-state index in [1.165, 1.54) is 6.33 Å². The summed E-state index contributed by atoms with van der Waals surface area (Å²) in [5, 5.41) is 14.6. The molecule has 30 heavy (non-hydrogen) atoms. The van der Waals surface area contributed by atoms with E-state index in [9.17, 15) is 5.11 Å². The van der Waals surface area contributed by atoms with E-state index in [1.807, 2.05) is 30.3 Å². The molecule has 0 saturated heterocycles. The molecule has 4 rings (SSSR count). The van der Waals surface area contributed by atoms with Gasteiger partial charge in [-0.3, -0.25) is 0 Å². The number of hydrogen-bond acceptors (Lipinski definition) is 6. The second-order valence-corrected chi connectivity index (χ2v) is 7.73. The molecule has 1 N–H and O–H groups in total. The number of aliphatic hydroxyl groups excluding tert-OH is 1. The average molecular weight is 407 g/mol. The van der Waals surface area contributed by atoms with Crippen LogP contribution in [0.4, 0.5) is 0 Å². The molecular formula is C23H25N3O4. The van der Waals surface area contributed by atoms with Gasteiger partial charge >= 0.3 is 0 Å². The smallest absolute Gasteiger partial charge is 0.165 e. The Bertz CT molecular complexity index is 1090. The highest BCUT2D eigenvalue weighted by Crippen LogP contribution is 2.45. The fourth-order valence-electron chi connectivity index (χ4n) is 3.92. The maximum Gasteiger partial charge on any atom is 0.165 e. The first-order chi connectivity index (χ1) is 14.5. The quantitative estimate of drug-likeness (QED) is 0.675. The highest BCUT2D eigenvalue weighted by atomic mass is 16.5. The summed E-state index contributed by atoms with van der Waals surface area (Å²) in [6, 6.07) is 11.7. The second-order valence-electron chi connectivity index (χ2n) is 7.73. The van der Waals surface area contributed by atoms with E-state index in [1.54, 1.807) is 25.2 Å². The summed E-state index contributed by atoms with van der Waals surface area (Å²) in [6.07, 6.45) is 3.76. The van der Waals surface area contributed by atoms with Crippen molar-refractivity contribution in [3.63, 3.8) is 0 Å². The summed E-state index contributed by atoms with van der Waals surface area (Å²) in [6.45, 7) is 3.87. The zero-order valence-electron chi connectivity index (χ0n) is 17.5. The van der Waals surface area contributed by atoms with Crippen LogP contribution in [0.1, 0.15) is 30.5 Å². The van der Waals surface area contributed by atoms with E-state index in [-0.39, 0.29) is 12.2 Å².